The maximum Gasteiger partial charge on any atom is 0.287 e. The maximum atomic E-state index is 10.6. The number of anilines is 1. The molecule has 0 fully saturated rings. The molecule has 0 saturated heterocycles. The number of hydrogen-bond donors (Lipinski definition) is 1. The molecule has 136 valence electrons. The SMILES string of the molecule is C=CCOc1c(Cl)cc(/C=N/Nc2ccc([N+](=O)[O-])cn2)cc1OCC. The lowest BCUT2D eigenvalue weighted by Crippen LogP contribution is -2.01. The Morgan fingerprint density at radius 3 is 2.85 bits per heavy atom. The van der Waals surface area contributed by atoms with E-state index in [1.807, 2.05) is 6.92 Å². The van der Waals surface area contributed by atoms with Gasteiger partial charge in [0.2, 0.25) is 0 Å². The zero-order valence-electron chi connectivity index (χ0n) is 14.0. The van der Waals surface area contributed by atoms with Crippen LogP contribution in [0.1, 0.15) is 12.5 Å². The number of hydrogen-bond acceptors (Lipinski definition) is 7. The van der Waals surface area contributed by atoms with Gasteiger partial charge >= 0.3 is 0 Å². The predicted octanol–water partition coefficient (Wildman–Crippen LogP) is 4.05. The summed E-state index contributed by atoms with van der Waals surface area (Å²) in [7, 11) is 0. The van der Waals surface area contributed by atoms with Crippen LogP contribution in [0.2, 0.25) is 5.02 Å². The fraction of sp³-hybridized carbons (Fsp3) is 0.176. The molecular weight excluding hydrogens is 360 g/mol. The van der Waals surface area contributed by atoms with Crippen LogP contribution < -0.4 is 14.9 Å². The van der Waals surface area contributed by atoms with E-state index in [2.05, 4.69) is 22.1 Å². The highest BCUT2D eigenvalue weighted by atomic mass is 35.5. The van der Waals surface area contributed by atoms with Crippen molar-refractivity contribution >= 4 is 29.3 Å². The van der Waals surface area contributed by atoms with E-state index in [9.17, 15) is 10.1 Å². The zero-order chi connectivity index (χ0) is 18.9. The standard InChI is InChI=1S/C17H17ClN4O4/c1-3-7-26-17-14(18)8-12(9-15(17)25-4-2)10-20-21-16-6-5-13(11-19-16)22(23)24/h3,5-6,8-11H,1,4,7H2,2H3,(H,19,21)/b20-10+. The van der Waals surface area contributed by atoms with Crippen LogP contribution in [-0.2, 0) is 0 Å². The van der Waals surface area contributed by atoms with E-state index in [4.69, 9.17) is 21.1 Å². The number of nitro groups is 1. The van der Waals surface area contributed by atoms with E-state index >= 15 is 0 Å². The first-order valence-corrected chi connectivity index (χ1v) is 8.02. The summed E-state index contributed by atoms with van der Waals surface area (Å²) in [4.78, 5) is 14.0. The Morgan fingerprint density at radius 2 is 2.23 bits per heavy atom. The highest BCUT2D eigenvalue weighted by Crippen LogP contribution is 2.36. The molecule has 0 aliphatic carbocycles. The first-order valence-electron chi connectivity index (χ1n) is 7.64. The number of hydrazone groups is 1. The summed E-state index contributed by atoms with van der Waals surface area (Å²) < 4.78 is 11.1. The van der Waals surface area contributed by atoms with Crippen molar-refractivity contribution in [2.24, 2.45) is 5.10 Å². The highest BCUT2D eigenvalue weighted by molar-refractivity contribution is 6.32. The number of aromatic nitrogens is 1. The number of nitrogens with zero attached hydrogens (tertiary/aromatic N) is 3. The van der Waals surface area contributed by atoms with Gasteiger partial charge in [0.05, 0.1) is 22.8 Å². The molecule has 1 aromatic carbocycles. The third kappa shape index (κ3) is 5.18. The molecule has 8 nitrogen and oxygen atoms in total. The minimum absolute atomic E-state index is 0.0946. The van der Waals surface area contributed by atoms with Crippen molar-refractivity contribution in [3.05, 3.63) is 63.8 Å². The smallest absolute Gasteiger partial charge is 0.287 e. The van der Waals surface area contributed by atoms with Crippen LogP contribution in [0.15, 0.2) is 48.2 Å². The van der Waals surface area contributed by atoms with Crippen LogP contribution in [0, 0.1) is 10.1 Å². The number of rotatable bonds is 9. The molecule has 0 bridgehead atoms. The van der Waals surface area contributed by atoms with Gasteiger partial charge in [-0.25, -0.2) is 4.98 Å². The lowest BCUT2D eigenvalue weighted by Gasteiger charge is -2.13. The second kappa shape index (κ2) is 9.38. The Hall–Kier alpha value is -3.13. The van der Waals surface area contributed by atoms with E-state index in [-0.39, 0.29) is 5.69 Å². The molecule has 9 heteroatoms. The van der Waals surface area contributed by atoms with Gasteiger partial charge in [0.1, 0.15) is 18.6 Å². The molecule has 1 N–H and O–H groups in total. The average Bonchev–Trinajstić information content (AvgIpc) is 2.62. The van der Waals surface area contributed by atoms with Gasteiger partial charge in [-0.15, -0.1) is 0 Å². The van der Waals surface area contributed by atoms with Crippen LogP contribution in [0.25, 0.3) is 0 Å². The van der Waals surface area contributed by atoms with Gasteiger partial charge in [-0.3, -0.25) is 15.5 Å². The van der Waals surface area contributed by atoms with Crippen LogP contribution in [0.5, 0.6) is 11.5 Å². The fourth-order valence-corrected chi connectivity index (χ4v) is 2.21. The monoisotopic (exact) mass is 376 g/mol. The number of benzene rings is 1. The average molecular weight is 377 g/mol. The van der Waals surface area contributed by atoms with Crippen molar-refractivity contribution in [3.63, 3.8) is 0 Å². The fourth-order valence-electron chi connectivity index (χ4n) is 1.94. The van der Waals surface area contributed by atoms with Gasteiger partial charge in [0.25, 0.3) is 5.69 Å². The van der Waals surface area contributed by atoms with Crippen LogP contribution in [0.4, 0.5) is 11.5 Å². The minimum atomic E-state index is -0.521. The molecule has 0 aliphatic heterocycles. The van der Waals surface area contributed by atoms with Gasteiger partial charge < -0.3 is 9.47 Å². The van der Waals surface area contributed by atoms with Crippen LogP contribution in [0.3, 0.4) is 0 Å². The third-order valence-electron chi connectivity index (χ3n) is 3.03. The van der Waals surface area contributed by atoms with E-state index in [1.54, 1.807) is 18.2 Å². The summed E-state index contributed by atoms with van der Waals surface area (Å²) in [6.07, 6.45) is 4.28. The third-order valence-corrected chi connectivity index (χ3v) is 3.31. The lowest BCUT2D eigenvalue weighted by molar-refractivity contribution is -0.385. The molecule has 0 unspecified atom stereocenters. The molecule has 0 atom stereocenters. The molecule has 0 radical (unpaired) electrons. The molecule has 26 heavy (non-hydrogen) atoms. The number of ether oxygens (including phenoxy) is 2. The van der Waals surface area contributed by atoms with Crippen molar-refractivity contribution in [2.45, 2.75) is 6.92 Å². The van der Waals surface area contributed by atoms with E-state index < -0.39 is 4.92 Å². The molecule has 2 aromatic rings. The molecular formula is C17H17ClN4O4. The topological polar surface area (TPSA) is 98.9 Å². The zero-order valence-corrected chi connectivity index (χ0v) is 14.8. The largest absolute Gasteiger partial charge is 0.490 e. The van der Waals surface area contributed by atoms with E-state index in [1.165, 1.54) is 18.3 Å². The highest BCUT2D eigenvalue weighted by Gasteiger charge is 2.11. The summed E-state index contributed by atoms with van der Waals surface area (Å²) in [6, 6.07) is 6.21. The Balaban J connectivity index is 2.13. The molecule has 2 rings (SSSR count). The summed E-state index contributed by atoms with van der Waals surface area (Å²) >= 11 is 6.25. The minimum Gasteiger partial charge on any atom is -0.490 e. The molecule has 0 saturated carbocycles. The van der Waals surface area contributed by atoms with Crippen molar-refractivity contribution in [2.75, 3.05) is 18.6 Å². The van der Waals surface area contributed by atoms with E-state index in [0.29, 0.717) is 41.1 Å². The van der Waals surface area contributed by atoms with Crippen molar-refractivity contribution in [1.82, 2.24) is 4.98 Å². The van der Waals surface area contributed by atoms with Crippen LogP contribution >= 0.6 is 11.6 Å². The Kier molecular flexibility index (Phi) is 6.92. The van der Waals surface area contributed by atoms with Gasteiger partial charge in [-0.2, -0.15) is 5.10 Å². The molecule has 0 spiro atoms. The molecule has 1 aromatic heterocycles. The summed E-state index contributed by atoms with van der Waals surface area (Å²) in [5.41, 5.74) is 3.27. The van der Waals surface area contributed by atoms with Crippen molar-refractivity contribution in [1.29, 1.82) is 0 Å². The Labute approximate surface area is 155 Å². The van der Waals surface area contributed by atoms with Crippen LogP contribution in [-0.4, -0.2) is 29.3 Å². The first-order chi connectivity index (χ1) is 12.5. The van der Waals surface area contributed by atoms with Crippen molar-refractivity contribution in [3.8, 4) is 11.5 Å². The molecule has 0 amide bonds. The van der Waals surface area contributed by atoms with Gasteiger partial charge in [-0.05, 0) is 30.7 Å². The molecule has 0 aliphatic rings. The Morgan fingerprint density at radius 1 is 1.42 bits per heavy atom. The first kappa shape index (κ1) is 19.2. The lowest BCUT2D eigenvalue weighted by atomic mass is 10.2. The number of nitrogens with one attached hydrogen (secondary N) is 1. The number of pyridine rings is 1. The normalized spacial score (nSPS) is 10.5. The second-order valence-corrected chi connectivity index (χ2v) is 5.30. The summed E-state index contributed by atoms with van der Waals surface area (Å²) in [5.74, 6) is 1.31. The van der Waals surface area contributed by atoms with Gasteiger partial charge in [-0.1, -0.05) is 24.3 Å². The van der Waals surface area contributed by atoms with Gasteiger partial charge in [0, 0.05) is 6.07 Å². The predicted molar refractivity (Wildman–Crippen MR) is 100 cm³/mol. The quantitative estimate of drug-likeness (QED) is 0.307. The molecule has 1 heterocycles. The van der Waals surface area contributed by atoms with E-state index in [0.717, 1.165) is 6.20 Å². The van der Waals surface area contributed by atoms with Crippen molar-refractivity contribution < 1.29 is 14.4 Å². The second-order valence-electron chi connectivity index (χ2n) is 4.89. The Bertz CT molecular complexity index is 809. The summed E-state index contributed by atoms with van der Waals surface area (Å²) in [5, 5.41) is 15.0. The van der Waals surface area contributed by atoms with Gasteiger partial charge in [0.15, 0.2) is 11.5 Å². The number of halogens is 1. The maximum absolute atomic E-state index is 10.6. The summed E-state index contributed by atoms with van der Waals surface area (Å²) in [6.45, 7) is 6.21.